The first-order valence-electron chi connectivity index (χ1n) is 7.26. The Morgan fingerprint density at radius 3 is 2.83 bits per heavy atom. The Hall–Kier alpha value is -2.32. The highest BCUT2D eigenvalue weighted by molar-refractivity contribution is 8.01. The molecule has 0 radical (unpaired) electrons. The van der Waals surface area contributed by atoms with Crippen LogP contribution in [0.2, 0.25) is 0 Å². The van der Waals surface area contributed by atoms with Crippen LogP contribution >= 0.6 is 23.1 Å². The Labute approximate surface area is 147 Å². The molecule has 0 aliphatic carbocycles. The van der Waals surface area contributed by atoms with Crippen LogP contribution in [0.25, 0.3) is 0 Å². The number of para-hydroxylation sites is 1. The molecule has 8 heteroatoms. The fraction of sp³-hybridized carbons (Fsp3) is 0.188. The fourth-order valence-electron chi connectivity index (χ4n) is 1.93. The van der Waals surface area contributed by atoms with Gasteiger partial charge in [-0.05, 0) is 24.3 Å². The van der Waals surface area contributed by atoms with Crippen molar-refractivity contribution < 1.29 is 9.21 Å². The number of nitrogens with one attached hydrogen (secondary N) is 1. The quantitative estimate of drug-likeness (QED) is 0.650. The number of carbonyl (C=O) groups excluding carboxylic acids is 1. The number of benzene rings is 1. The number of aromatic nitrogens is 2. The van der Waals surface area contributed by atoms with Gasteiger partial charge in [-0.15, -0.1) is 10.2 Å². The largest absolute Gasteiger partial charge is 0.467 e. The van der Waals surface area contributed by atoms with Gasteiger partial charge in [0.1, 0.15) is 5.76 Å². The van der Waals surface area contributed by atoms with Gasteiger partial charge in [0.15, 0.2) is 4.34 Å². The SMILES string of the molecule is CN(C(=O)CSc1nnc(NCc2ccco2)s1)c1ccccc1. The Kier molecular flexibility index (Phi) is 5.50. The highest BCUT2D eigenvalue weighted by Gasteiger charge is 2.13. The summed E-state index contributed by atoms with van der Waals surface area (Å²) in [6.07, 6.45) is 1.63. The van der Waals surface area contributed by atoms with Crippen LogP contribution in [0.5, 0.6) is 0 Å². The molecule has 3 rings (SSSR count). The molecule has 6 nitrogen and oxygen atoms in total. The van der Waals surface area contributed by atoms with Gasteiger partial charge in [-0.3, -0.25) is 4.79 Å². The molecule has 0 bridgehead atoms. The molecule has 0 unspecified atom stereocenters. The van der Waals surface area contributed by atoms with E-state index in [4.69, 9.17) is 4.42 Å². The standard InChI is InChI=1S/C16H16N4O2S2/c1-20(12-6-3-2-4-7-12)14(21)11-23-16-19-18-15(24-16)17-10-13-8-5-9-22-13/h2-9H,10-11H2,1H3,(H,17,18). The molecule has 0 aliphatic heterocycles. The summed E-state index contributed by atoms with van der Waals surface area (Å²) in [5.41, 5.74) is 0.876. The monoisotopic (exact) mass is 360 g/mol. The summed E-state index contributed by atoms with van der Waals surface area (Å²) < 4.78 is 6.00. The molecule has 1 amide bonds. The van der Waals surface area contributed by atoms with E-state index < -0.39 is 0 Å². The molecule has 2 aromatic heterocycles. The fourth-order valence-corrected chi connectivity index (χ4v) is 3.59. The van der Waals surface area contributed by atoms with E-state index in [9.17, 15) is 4.79 Å². The molecule has 3 aromatic rings. The maximum atomic E-state index is 12.2. The van der Waals surface area contributed by atoms with Crippen molar-refractivity contribution in [2.75, 3.05) is 23.0 Å². The summed E-state index contributed by atoms with van der Waals surface area (Å²) in [4.78, 5) is 13.9. The van der Waals surface area contributed by atoms with Crippen LogP contribution in [0.1, 0.15) is 5.76 Å². The van der Waals surface area contributed by atoms with E-state index in [0.29, 0.717) is 17.4 Å². The Balaban J connectivity index is 1.49. The first-order chi connectivity index (χ1) is 11.7. The van der Waals surface area contributed by atoms with Gasteiger partial charge in [0.2, 0.25) is 11.0 Å². The van der Waals surface area contributed by atoms with E-state index in [1.54, 1.807) is 18.2 Å². The average molecular weight is 360 g/mol. The zero-order chi connectivity index (χ0) is 16.8. The van der Waals surface area contributed by atoms with Crippen molar-refractivity contribution in [3.8, 4) is 0 Å². The highest BCUT2D eigenvalue weighted by atomic mass is 32.2. The number of carbonyl (C=O) groups is 1. The molecule has 1 aromatic carbocycles. The van der Waals surface area contributed by atoms with Crippen LogP contribution in [0, 0.1) is 0 Å². The number of furan rings is 1. The number of rotatable bonds is 7. The van der Waals surface area contributed by atoms with Crippen molar-refractivity contribution in [3.05, 3.63) is 54.5 Å². The van der Waals surface area contributed by atoms with Gasteiger partial charge in [-0.25, -0.2) is 0 Å². The summed E-state index contributed by atoms with van der Waals surface area (Å²) >= 11 is 2.81. The van der Waals surface area contributed by atoms with Crippen molar-refractivity contribution in [2.24, 2.45) is 0 Å². The topological polar surface area (TPSA) is 71.3 Å². The molecule has 24 heavy (non-hydrogen) atoms. The van der Waals surface area contributed by atoms with Crippen LogP contribution < -0.4 is 10.2 Å². The zero-order valence-electron chi connectivity index (χ0n) is 13.0. The number of hydrogen-bond acceptors (Lipinski definition) is 7. The molecular weight excluding hydrogens is 344 g/mol. The van der Waals surface area contributed by atoms with E-state index in [1.165, 1.54) is 23.1 Å². The van der Waals surface area contributed by atoms with Gasteiger partial charge >= 0.3 is 0 Å². The van der Waals surface area contributed by atoms with Crippen molar-refractivity contribution in [1.82, 2.24) is 10.2 Å². The van der Waals surface area contributed by atoms with Gasteiger partial charge < -0.3 is 14.6 Å². The number of amides is 1. The van der Waals surface area contributed by atoms with Crippen molar-refractivity contribution in [1.29, 1.82) is 0 Å². The smallest absolute Gasteiger partial charge is 0.237 e. The van der Waals surface area contributed by atoms with Crippen molar-refractivity contribution >= 4 is 39.8 Å². The van der Waals surface area contributed by atoms with E-state index in [1.807, 2.05) is 42.5 Å². The van der Waals surface area contributed by atoms with Crippen LogP contribution in [0.3, 0.4) is 0 Å². The van der Waals surface area contributed by atoms with E-state index >= 15 is 0 Å². The van der Waals surface area contributed by atoms with Crippen LogP contribution in [0.15, 0.2) is 57.5 Å². The summed E-state index contributed by atoms with van der Waals surface area (Å²) in [7, 11) is 1.77. The molecule has 124 valence electrons. The third kappa shape index (κ3) is 4.36. The van der Waals surface area contributed by atoms with Gasteiger partial charge in [0.05, 0.1) is 18.6 Å². The Bertz CT molecular complexity index is 774. The Morgan fingerprint density at radius 1 is 1.25 bits per heavy atom. The maximum Gasteiger partial charge on any atom is 0.237 e. The normalized spacial score (nSPS) is 10.5. The van der Waals surface area contributed by atoms with Crippen LogP contribution in [-0.4, -0.2) is 28.9 Å². The molecular formula is C16H16N4O2S2. The van der Waals surface area contributed by atoms with E-state index in [0.717, 1.165) is 15.8 Å². The first-order valence-corrected chi connectivity index (χ1v) is 9.07. The van der Waals surface area contributed by atoms with Gasteiger partial charge in [0.25, 0.3) is 0 Å². The third-order valence-electron chi connectivity index (χ3n) is 3.24. The lowest BCUT2D eigenvalue weighted by Crippen LogP contribution is -2.27. The summed E-state index contributed by atoms with van der Waals surface area (Å²) in [6, 6.07) is 13.3. The average Bonchev–Trinajstić information content (AvgIpc) is 3.29. The minimum Gasteiger partial charge on any atom is -0.467 e. The lowest BCUT2D eigenvalue weighted by molar-refractivity contribution is -0.115. The van der Waals surface area contributed by atoms with Crippen molar-refractivity contribution in [2.45, 2.75) is 10.9 Å². The lowest BCUT2D eigenvalue weighted by Gasteiger charge is -2.16. The first kappa shape index (κ1) is 16.5. The van der Waals surface area contributed by atoms with Gasteiger partial charge in [-0.1, -0.05) is 41.3 Å². The second-order valence-corrected chi connectivity index (χ2v) is 7.08. The summed E-state index contributed by atoms with van der Waals surface area (Å²) in [5.74, 6) is 1.17. The molecule has 1 N–H and O–H groups in total. The minimum absolute atomic E-state index is 0.0199. The number of nitrogens with zero attached hydrogens (tertiary/aromatic N) is 3. The Morgan fingerprint density at radius 2 is 2.08 bits per heavy atom. The van der Waals surface area contributed by atoms with Gasteiger partial charge in [-0.2, -0.15) is 0 Å². The second-order valence-electron chi connectivity index (χ2n) is 4.88. The number of hydrogen-bond donors (Lipinski definition) is 1. The number of thioether (sulfide) groups is 1. The van der Waals surface area contributed by atoms with Gasteiger partial charge in [0, 0.05) is 12.7 Å². The molecule has 0 atom stereocenters. The molecule has 0 aliphatic rings. The van der Waals surface area contributed by atoms with E-state index in [2.05, 4.69) is 15.5 Å². The molecule has 0 saturated carbocycles. The van der Waals surface area contributed by atoms with Crippen LogP contribution in [0.4, 0.5) is 10.8 Å². The molecule has 2 heterocycles. The third-order valence-corrected chi connectivity index (χ3v) is 5.24. The lowest BCUT2D eigenvalue weighted by atomic mass is 10.3. The molecule has 0 saturated heterocycles. The highest BCUT2D eigenvalue weighted by Crippen LogP contribution is 2.26. The predicted octanol–water partition coefficient (Wildman–Crippen LogP) is 3.50. The predicted molar refractivity (Wildman–Crippen MR) is 96.5 cm³/mol. The summed E-state index contributed by atoms with van der Waals surface area (Å²) in [5, 5.41) is 12.0. The van der Waals surface area contributed by atoms with Crippen LogP contribution in [-0.2, 0) is 11.3 Å². The van der Waals surface area contributed by atoms with Crippen molar-refractivity contribution in [3.63, 3.8) is 0 Å². The second kappa shape index (κ2) is 7.98. The maximum absolute atomic E-state index is 12.2. The molecule has 0 fully saturated rings. The number of anilines is 2. The zero-order valence-corrected chi connectivity index (χ0v) is 14.6. The minimum atomic E-state index is 0.0199. The molecule has 0 spiro atoms. The summed E-state index contributed by atoms with van der Waals surface area (Å²) in [6.45, 7) is 0.558. The van der Waals surface area contributed by atoms with E-state index in [-0.39, 0.29) is 5.91 Å².